The van der Waals surface area contributed by atoms with E-state index in [0.29, 0.717) is 19.4 Å². The van der Waals surface area contributed by atoms with E-state index in [9.17, 15) is 24.3 Å². The van der Waals surface area contributed by atoms with E-state index in [1.54, 1.807) is 6.20 Å². The first-order chi connectivity index (χ1) is 17.0. The number of aliphatic hydroxyl groups excluding tert-OH is 1. The van der Waals surface area contributed by atoms with Gasteiger partial charge in [-0.15, -0.1) is 0 Å². The topological polar surface area (TPSA) is 213 Å². The van der Waals surface area contributed by atoms with E-state index in [2.05, 4.69) is 20.9 Å². The largest absolute Gasteiger partial charge is 0.480 e. The molecule has 1 aromatic carbocycles. The minimum absolute atomic E-state index is 0.0801. The Bertz CT molecular complexity index is 1050. The van der Waals surface area contributed by atoms with Gasteiger partial charge in [0.1, 0.15) is 24.2 Å². The van der Waals surface area contributed by atoms with Gasteiger partial charge in [-0.05, 0) is 51.3 Å². The van der Waals surface area contributed by atoms with E-state index in [0.717, 1.165) is 16.5 Å². The molecular formula is C24H36N6O6. The van der Waals surface area contributed by atoms with Crippen LogP contribution in [0.15, 0.2) is 30.5 Å². The minimum atomic E-state index is -1.26. The van der Waals surface area contributed by atoms with E-state index in [4.69, 9.17) is 16.6 Å². The molecule has 0 aliphatic heterocycles. The molecule has 0 saturated carbocycles. The van der Waals surface area contributed by atoms with Crippen LogP contribution in [0.1, 0.15) is 38.7 Å². The molecule has 0 spiro atoms. The molecule has 10 N–H and O–H groups in total. The standard InChI is InChI=1S/C24H36N6O6/c1-13(24(35)36)28-21(32)18(9-5-6-10-25)29-22(33)19(30-23(34)20(26)14(2)31)11-15-12-27-17-8-4-3-7-16(15)17/h3-4,7-8,12-14,18-20,27,31H,5-6,9-11,25-26H2,1-2H3,(H,28,32)(H,29,33)(H,30,34)(H,35,36). The fourth-order valence-corrected chi connectivity index (χ4v) is 3.63. The number of nitrogens with one attached hydrogen (secondary N) is 4. The van der Waals surface area contributed by atoms with Gasteiger partial charge in [-0.3, -0.25) is 19.2 Å². The smallest absolute Gasteiger partial charge is 0.325 e. The minimum Gasteiger partial charge on any atom is -0.480 e. The Hall–Kier alpha value is -3.48. The van der Waals surface area contributed by atoms with Gasteiger partial charge in [-0.1, -0.05) is 18.2 Å². The summed E-state index contributed by atoms with van der Waals surface area (Å²) < 4.78 is 0. The van der Waals surface area contributed by atoms with Crippen molar-refractivity contribution >= 4 is 34.6 Å². The number of amides is 3. The van der Waals surface area contributed by atoms with Crippen LogP contribution in [0.2, 0.25) is 0 Å². The van der Waals surface area contributed by atoms with Crippen molar-refractivity contribution in [2.24, 2.45) is 11.5 Å². The van der Waals surface area contributed by atoms with Gasteiger partial charge in [0.05, 0.1) is 6.10 Å². The number of hydrogen-bond donors (Lipinski definition) is 8. The van der Waals surface area contributed by atoms with Gasteiger partial charge in [0, 0.05) is 23.5 Å². The van der Waals surface area contributed by atoms with Crippen LogP contribution in [0.25, 0.3) is 10.9 Å². The van der Waals surface area contributed by atoms with Crippen molar-refractivity contribution in [2.45, 2.75) is 69.8 Å². The maximum atomic E-state index is 13.3. The van der Waals surface area contributed by atoms with Crippen LogP contribution >= 0.6 is 0 Å². The average molecular weight is 505 g/mol. The first-order valence-electron chi connectivity index (χ1n) is 11.9. The number of carbonyl (C=O) groups is 4. The van der Waals surface area contributed by atoms with E-state index in [1.165, 1.54) is 13.8 Å². The zero-order valence-corrected chi connectivity index (χ0v) is 20.5. The molecule has 36 heavy (non-hydrogen) atoms. The Balaban J connectivity index is 2.27. The SMILES string of the molecule is CC(NC(=O)C(CCCCN)NC(=O)C(Cc1c[nH]c2ccccc12)NC(=O)C(N)C(C)O)C(=O)O. The lowest BCUT2D eigenvalue weighted by Gasteiger charge is -2.25. The predicted octanol–water partition coefficient (Wildman–Crippen LogP) is -0.894. The first kappa shape index (κ1) is 28.8. The van der Waals surface area contributed by atoms with Gasteiger partial charge < -0.3 is 42.6 Å². The summed E-state index contributed by atoms with van der Waals surface area (Å²) in [6.07, 6.45) is 2.01. The average Bonchev–Trinajstić information content (AvgIpc) is 3.24. The molecule has 12 heteroatoms. The van der Waals surface area contributed by atoms with Crippen LogP contribution in [0.4, 0.5) is 0 Å². The van der Waals surface area contributed by atoms with Crippen LogP contribution in [-0.2, 0) is 25.6 Å². The van der Waals surface area contributed by atoms with E-state index >= 15 is 0 Å². The number of carbonyl (C=O) groups excluding carboxylic acids is 3. The van der Waals surface area contributed by atoms with Gasteiger partial charge in [0.25, 0.3) is 0 Å². The Morgan fingerprint density at radius 2 is 1.61 bits per heavy atom. The third-order valence-electron chi connectivity index (χ3n) is 5.86. The molecule has 2 aromatic rings. The number of rotatable bonds is 14. The summed E-state index contributed by atoms with van der Waals surface area (Å²) in [5, 5.41) is 27.3. The molecule has 198 valence electrons. The lowest BCUT2D eigenvalue weighted by molar-refractivity contribution is -0.141. The zero-order valence-electron chi connectivity index (χ0n) is 20.5. The van der Waals surface area contributed by atoms with Gasteiger partial charge in [-0.2, -0.15) is 0 Å². The van der Waals surface area contributed by atoms with Crippen LogP contribution in [0.5, 0.6) is 0 Å². The lowest BCUT2D eigenvalue weighted by atomic mass is 10.0. The summed E-state index contributed by atoms with van der Waals surface area (Å²) in [6.45, 7) is 3.07. The predicted molar refractivity (Wildman–Crippen MR) is 134 cm³/mol. The molecular weight excluding hydrogens is 468 g/mol. The van der Waals surface area contributed by atoms with Gasteiger partial charge in [-0.25, -0.2) is 0 Å². The summed E-state index contributed by atoms with van der Waals surface area (Å²) in [7, 11) is 0. The zero-order chi connectivity index (χ0) is 26.8. The molecule has 1 aromatic heterocycles. The van der Waals surface area contributed by atoms with Crippen LogP contribution < -0.4 is 27.4 Å². The van der Waals surface area contributed by atoms with E-state index in [-0.39, 0.29) is 12.8 Å². The molecule has 0 fully saturated rings. The van der Waals surface area contributed by atoms with Crippen molar-refractivity contribution in [1.82, 2.24) is 20.9 Å². The molecule has 12 nitrogen and oxygen atoms in total. The lowest BCUT2D eigenvalue weighted by Crippen LogP contribution is -2.58. The van der Waals surface area contributed by atoms with Gasteiger partial charge in [0.15, 0.2) is 0 Å². The number of carboxylic acids is 1. The van der Waals surface area contributed by atoms with Crippen molar-refractivity contribution in [3.05, 3.63) is 36.0 Å². The van der Waals surface area contributed by atoms with E-state index in [1.807, 2.05) is 24.3 Å². The van der Waals surface area contributed by atoms with Crippen LogP contribution in [-0.4, -0.2) is 75.7 Å². The van der Waals surface area contributed by atoms with Crippen molar-refractivity contribution in [3.63, 3.8) is 0 Å². The van der Waals surface area contributed by atoms with Crippen molar-refractivity contribution in [3.8, 4) is 0 Å². The summed E-state index contributed by atoms with van der Waals surface area (Å²) in [5.74, 6) is -3.25. The third kappa shape index (κ3) is 8.04. The molecule has 2 rings (SSSR count). The molecule has 3 amide bonds. The number of aromatic amines is 1. The van der Waals surface area contributed by atoms with Crippen molar-refractivity contribution in [2.75, 3.05) is 6.54 Å². The molecule has 0 saturated heterocycles. The quantitative estimate of drug-likeness (QED) is 0.151. The van der Waals surface area contributed by atoms with Gasteiger partial charge in [0.2, 0.25) is 17.7 Å². The second-order valence-electron chi connectivity index (χ2n) is 8.81. The Morgan fingerprint density at radius 1 is 0.972 bits per heavy atom. The maximum Gasteiger partial charge on any atom is 0.325 e. The number of H-pyrrole nitrogens is 1. The molecule has 0 bridgehead atoms. The molecule has 0 radical (unpaired) electrons. The Kier molecular flexibility index (Phi) is 10.8. The van der Waals surface area contributed by atoms with Gasteiger partial charge >= 0.3 is 5.97 Å². The number of para-hydroxylation sites is 1. The highest BCUT2D eigenvalue weighted by Crippen LogP contribution is 2.19. The highest BCUT2D eigenvalue weighted by atomic mass is 16.4. The number of carboxylic acid groups (broad SMARTS) is 1. The van der Waals surface area contributed by atoms with Crippen LogP contribution in [0, 0.1) is 0 Å². The maximum absolute atomic E-state index is 13.3. The number of unbranched alkanes of at least 4 members (excludes halogenated alkanes) is 1. The van der Waals surface area contributed by atoms with Crippen molar-refractivity contribution < 1.29 is 29.4 Å². The summed E-state index contributed by atoms with van der Waals surface area (Å²) in [6, 6.07) is 2.87. The number of nitrogens with two attached hydrogens (primary N) is 2. The number of aromatic nitrogens is 1. The molecule has 5 unspecified atom stereocenters. The summed E-state index contributed by atoms with van der Waals surface area (Å²) in [5.41, 5.74) is 12.9. The van der Waals surface area contributed by atoms with Crippen LogP contribution in [0.3, 0.4) is 0 Å². The fourth-order valence-electron chi connectivity index (χ4n) is 3.63. The fraction of sp³-hybridized carbons (Fsp3) is 0.500. The normalized spacial score (nSPS) is 15.4. The highest BCUT2D eigenvalue weighted by Gasteiger charge is 2.30. The Morgan fingerprint density at radius 3 is 2.25 bits per heavy atom. The third-order valence-corrected chi connectivity index (χ3v) is 5.86. The number of hydrogen-bond acceptors (Lipinski definition) is 7. The Labute approximate surface area is 209 Å². The highest BCUT2D eigenvalue weighted by molar-refractivity contribution is 5.95. The summed E-state index contributed by atoms with van der Waals surface area (Å²) >= 11 is 0. The van der Waals surface area contributed by atoms with Crippen molar-refractivity contribution in [1.29, 1.82) is 0 Å². The monoisotopic (exact) mass is 504 g/mol. The molecule has 0 aliphatic carbocycles. The first-order valence-corrected chi connectivity index (χ1v) is 11.9. The number of benzene rings is 1. The summed E-state index contributed by atoms with van der Waals surface area (Å²) in [4.78, 5) is 53.0. The van der Waals surface area contributed by atoms with E-state index < -0.39 is 54.0 Å². The second kappa shape index (κ2) is 13.6. The number of aliphatic hydroxyl groups is 1. The number of fused-ring (bicyclic) bond motifs is 1. The molecule has 5 atom stereocenters. The number of aliphatic carboxylic acids is 1. The second-order valence-corrected chi connectivity index (χ2v) is 8.81. The molecule has 0 aliphatic rings. The molecule has 1 heterocycles.